The smallest absolute Gasteiger partial charge is 0.267 e. The second-order valence-electron chi connectivity index (χ2n) is 6.31. The van der Waals surface area contributed by atoms with Crippen molar-refractivity contribution in [2.24, 2.45) is 14.1 Å². The summed E-state index contributed by atoms with van der Waals surface area (Å²) in [4.78, 5) is 17.9. The second kappa shape index (κ2) is 8.77. The van der Waals surface area contributed by atoms with Gasteiger partial charge >= 0.3 is 6.18 Å². The Morgan fingerprint density at radius 3 is 2.41 bits per heavy atom. The van der Waals surface area contributed by atoms with Gasteiger partial charge < -0.3 is 0 Å². The fourth-order valence-electron chi connectivity index (χ4n) is 2.48. The number of alkyl halides is 3. The van der Waals surface area contributed by atoms with E-state index in [0.29, 0.717) is 16.2 Å². The van der Waals surface area contributed by atoms with E-state index in [9.17, 15) is 26.4 Å². The van der Waals surface area contributed by atoms with Gasteiger partial charge in [0.05, 0.1) is 30.3 Å². The Balaban J connectivity index is 1.99. The molecule has 0 atom stereocenters. The van der Waals surface area contributed by atoms with Crippen LogP contribution >= 0.6 is 11.8 Å². The van der Waals surface area contributed by atoms with Crippen molar-refractivity contribution in [2.75, 3.05) is 10.6 Å². The molecule has 0 radical (unpaired) electrons. The van der Waals surface area contributed by atoms with Gasteiger partial charge in [0.1, 0.15) is 5.69 Å². The van der Waals surface area contributed by atoms with Crippen LogP contribution in [0.3, 0.4) is 0 Å². The van der Waals surface area contributed by atoms with Gasteiger partial charge in [0.25, 0.3) is 11.9 Å². The van der Waals surface area contributed by atoms with Crippen molar-refractivity contribution in [2.45, 2.75) is 17.7 Å². The molecule has 1 amide bonds. The number of hydrogen-bond acceptors (Lipinski definition) is 11. The number of rotatable bonds is 7. The number of carbonyl (C=O) groups is 1. The number of halogens is 3. The molecule has 3 aromatic rings. The lowest BCUT2D eigenvalue weighted by atomic mass is 10.1. The van der Waals surface area contributed by atoms with Gasteiger partial charge in [-0.25, -0.2) is 18.1 Å². The van der Waals surface area contributed by atoms with Crippen LogP contribution in [0.4, 0.5) is 19.1 Å². The van der Waals surface area contributed by atoms with E-state index in [1.54, 1.807) is 7.05 Å². The summed E-state index contributed by atoms with van der Waals surface area (Å²) in [6.07, 6.45) is -4.03. The first-order valence-corrected chi connectivity index (χ1v) is 11.5. The zero-order chi connectivity index (χ0) is 23.7. The van der Waals surface area contributed by atoms with Crippen molar-refractivity contribution in [1.82, 2.24) is 45.4 Å². The topological polar surface area (TPSA) is 155 Å². The van der Waals surface area contributed by atoms with E-state index >= 15 is 0 Å². The summed E-state index contributed by atoms with van der Waals surface area (Å²) in [7, 11) is -1.39. The Morgan fingerprint density at radius 1 is 1.16 bits per heavy atom. The number of tetrazole rings is 2. The molecule has 0 N–H and O–H groups in total. The highest BCUT2D eigenvalue weighted by Crippen LogP contribution is 2.30. The van der Waals surface area contributed by atoms with Gasteiger partial charge in [0.2, 0.25) is 10.0 Å². The molecular weight excluding hydrogens is 477 g/mol. The molecule has 3 rings (SSSR count). The molecule has 0 bridgehead atoms. The van der Waals surface area contributed by atoms with Crippen molar-refractivity contribution in [1.29, 1.82) is 0 Å². The van der Waals surface area contributed by atoms with Gasteiger partial charge in [0, 0.05) is 12.8 Å². The molecule has 3 heterocycles. The molecule has 0 unspecified atom stereocenters. The van der Waals surface area contributed by atoms with Crippen molar-refractivity contribution in [3.8, 4) is 0 Å². The van der Waals surface area contributed by atoms with E-state index in [4.69, 9.17) is 0 Å². The van der Waals surface area contributed by atoms with Crippen molar-refractivity contribution in [3.05, 3.63) is 34.9 Å². The van der Waals surface area contributed by atoms with Crippen molar-refractivity contribution in [3.63, 3.8) is 0 Å². The van der Waals surface area contributed by atoms with E-state index in [0.717, 1.165) is 28.8 Å². The van der Waals surface area contributed by atoms with Crippen LogP contribution in [0.25, 0.3) is 0 Å². The Bertz CT molecular complexity index is 1240. The highest BCUT2D eigenvalue weighted by atomic mass is 32.2. The molecule has 0 spiro atoms. The summed E-state index contributed by atoms with van der Waals surface area (Å²) in [5.41, 5.74) is -1.86. The normalized spacial score (nSPS) is 12.2. The average molecular weight is 492 g/mol. The van der Waals surface area contributed by atoms with E-state index < -0.39 is 33.7 Å². The van der Waals surface area contributed by atoms with Crippen LogP contribution in [0.1, 0.15) is 27.6 Å². The number of pyridine rings is 1. The van der Waals surface area contributed by atoms with Gasteiger partial charge in [-0.1, -0.05) is 5.10 Å². The second-order valence-corrected chi connectivity index (χ2v) is 9.13. The number of carbonyl (C=O) groups excluding carboxylic acids is 1. The van der Waals surface area contributed by atoms with Crippen molar-refractivity contribution >= 4 is 33.6 Å². The number of aryl methyl sites for hydroxylation is 2. The zero-order valence-corrected chi connectivity index (χ0v) is 18.3. The van der Waals surface area contributed by atoms with Gasteiger partial charge in [-0.15, -0.1) is 22.0 Å². The third kappa shape index (κ3) is 5.18. The minimum atomic E-state index is -4.77. The minimum absolute atomic E-state index is 0.169. The molecule has 172 valence electrons. The lowest BCUT2D eigenvalue weighted by Crippen LogP contribution is -2.38. The predicted molar refractivity (Wildman–Crippen MR) is 103 cm³/mol. The standard InChI is InChI=1S/C14H15F3N10O3S2/c1-25-13(20-22-24-25)27(32(3,29)30)12(28)8-4-5-10(14(15,16)17)18-9(8)6-31-7-11-19-23-26(2)21-11/h4-5H,6-7H2,1-3H3. The first-order chi connectivity index (χ1) is 14.9. The third-order valence-corrected chi connectivity index (χ3v) is 5.74. The number of thioether (sulfide) groups is 1. The molecule has 0 saturated heterocycles. The van der Waals surface area contributed by atoms with E-state index in [1.165, 1.54) is 11.8 Å². The molecule has 0 fully saturated rings. The van der Waals surface area contributed by atoms with E-state index in [-0.39, 0.29) is 22.8 Å². The molecule has 0 aromatic carbocycles. The lowest BCUT2D eigenvalue weighted by molar-refractivity contribution is -0.141. The SMILES string of the molecule is Cn1nnc(CSCc2nc(C(F)(F)F)ccc2C(=O)N(c2nnnn2C)S(C)(=O)=O)n1. The van der Waals surface area contributed by atoms with Gasteiger partial charge in [-0.2, -0.15) is 22.3 Å². The maximum absolute atomic E-state index is 13.2. The molecule has 0 saturated carbocycles. The number of anilines is 1. The van der Waals surface area contributed by atoms with Crippen LogP contribution in [0.15, 0.2) is 12.1 Å². The summed E-state index contributed by atoms with van der Waals surface area (Å²) < 4.78 is 65.4. The Morgan fingerprint density at radius 2 is 1.88 bits per heavy atom. The molecular formula is C14H15F3N10O3S2. The van der Waals surface area contributed by atoms with Crippen LogP contribution in [-0.2, 0) is 41.8 Å². The van der Waals surface area contributed by atoms with E-state index in [1.807, 2.05) is 0 Å². The molecule has 3 aromatic heterocycles. The molecule has 18 heteroatoms. The largest absolute Gasteiger partial charge is 0.433 e. The number of nitrogens with zero attached hydrogens (tertiary/aromatic N) is 10. The summed E-state index contributed by atoms with van der Waals surface area (Å²) >= 11 is 1.07. The third-order valence-electron chi connectivity index (χ3n) is 3.81. The maximum Gasteiger partial charge on any atom is 0.433 e. The first kappa shape index (κ1) is 23.5. The van der Waals surface area contributed by atoms with Crippen LogP contribution < -0.4 is 4.31 Å². The summed E-state index contributed by atoms with van der Waals surface area (Å²) in [5.74, 6) is -1.26. The number of amides is 1. The summed E-state index contributed by atoms with van der Waals surface area (Å²) in [6, 6.07) is 1.47. The summed E-state index contributed by atoms with van der Waals surface area (Å²) in [5, 5.41) is 21.7. The zero-order valence-electron chi connectivity index (χ0n) is 16.7. The number of sulfonamides is 1. The van der Waals surface area contributed by atoms with Crippen LogP contribution in [-0.4, -0.2) is 66.0 Å². The first-order valence-electron chi connectivity index (χ1n) is 8.52. The van der Waals surface area contributed by atoms with Gasteiger partial charge in [0.15, 0.2) is 5.82 Å². The fraction of sp³-hybridized carbons (Fsp3) is 0.429. The van der Waals surface area contributed by atoms with Crippen LogP contribution in [0.2, 0.25) is 0 Å². The Hall–Kier alpha value is -3.15. The van der Waals surface area contributed by atoms with Crippen molar-refractivity contribution < 1.29 is 26.4 Å². The van der Waals surface area contributed by atoms with Crippen LogP contribution in [0.5, 0.6) is 0 Å². The monoisotopic (exact) mass is 492 g/mol. The minimum Gasteiger partial charge on any atom is -0.267 e. The molecule has 13 nitrogen and oxygen atoms in total. The van der Waals surface area contributed by atoms with Gasteiger partial charge in [-0.3, -0.25) is 4.79 Å². The average Bonchev–Trinajstić information content (AvgIpc) is 3.28. The summed E-state index contributed by atoms with van der Waals surface area (Å²) in [6.45, 7) is 0. The molecule has 0 aliphatic rings. The predicted octanol–water partition coefficient (Wildman–Crippen LogP) is 0.187. The highest BCUT2D eigenvalue weighted by Gasteiger charge is 2.36. The Labute approximate surface area is 183 Å². The molecule has 32 heavy (non-hydrogen) atoms. The van der Waals surface area contributed by atoms with Crippen LogP contribution in [0, 0.1) is 0 Å². The Kier molecular flexibility index (Phi) is 6.44. The highest BCUT2D eigenvalue weighted by molar-refractivity contribution is 7.97. The molecule has 0 aliphatic carbocycles. The van der Waals surface area contributed by atoms with E-state index in [2.05, 4.69) is 35.9 Å². The fourth-order valence-corrected chi connectivity index (χ4v) is 4.14. The van der Waals surface area contributed by atoms with Gasteiger partial charge in [-0.05, 0) is 27.8 Å². The number of hydrogen-bond donors (Lipinski definition) is 0. The molecule has 0 aliphatic heterocycles. The lowest BCUT2D eigenvalue weighted by Gasteiger charge is -2.19. The quantitative estimate of drug-likeness (QED) is 0.444. The number of aromatic nitrogens is 9. The maximum atomic E-state index is 13.2.